The van der Waals surface area contributed by atoms with Gasteiger partial charge in [-0.05, 0) is 49.7 Å². The fourth-order valence-electron chi connectivity index (χ4n) is 3.59. The van der Waals surface area contributed by atoms with Crippen LogP contribution >= 0.6 is 0 Å². The van der Waals surface area contributed by atoms with Crippen LogP contribution in [0, 0.1) is 0 Å². The SMILES string of the molecule is CCCCn1c(=O)c(CCC(=O)OCC(=O)NCCOc2ccc(OCC)cc2)nc2ccccc21. The van der Waals surface area contributed by atoms with E-state index in [-0.39, 0.29) is 31.6 Å². The Bertz CT molecular complexity index is 1210. The second-order valence-corrected chi connectivity index (χ2v) is 8.12. The van der Waals surface area contributed by atoms with Crippen LogP contribution in [0.25, 0.3) is 11.0 Å². The number of carbonyl (C=O) groups is 2. The Kier molecular flexibility index (Phi) is 10.3. The van der Waals surface area contributed by atoms with E-state index in [1.807, 2.05) is 43.3 Å². The first kappa shape index (κ1) is 26.7. The van der Waals surface area contributed by atoms with Crippen molar-refractivity contribution in [1.29, 1.82) is 0 Å². The van der Waals surface area contributed by atoms with Gasteiger partial charge in [-0.25, -0.2) is 4.98 Å². The second-order valence-electron chi connectivity index (χ2n) is 8.12. The van der Waals surface area contributed by atoms with Crippen LogP contribution in [0.5, 0.6) is 11.5 Å². The minimum absolute atomic E-state index is 0.0392. The molecule has 0 bridgehead atoms. The summed E-state index contributed by atoms with van der Waals surface area (Å²) in [5, 5.41) is 2.64. The molecule has 0 saturated carbocycles. The van der Waals surface area contributed by atoms with Crippen molar-refractivity contribution < 1.29 is 23.8 Å². The Morgan fingerprint density at radius 2 is 1.72 bits per heavy atom. The second kappa shape index (κ2) is 13.9. The summed E-state index contributed by atoms with van der Waals surface area (Å²) < 4.78 is 17.7. The molecule has 0 aliphatic heterocycles. The molecule has 2 aromatic carbocycles. The lowest BCUT2D eigenvalue weighted by Gasteiger charge is -2.12. The maximum atomic E-state index is 12.9. The van der Waals surface area contributed by atoms with Crippen LogP contribution in [0.4, 0.5) is 0 Å². The Balaban J connectivity index is 1.41. The predicted molar refractivity (Wildman–Crippen MR) is 136 cm³/mol. The fourth-order valence-corrected chi connectivity index (χ4v) is 3.59. The molecule has 3 aromatic rings. The molecule has 3 rings (SSSR count). The molecule has 0 aliphatic carbocycles. The summed E-state index contributed by atoms with van der Waals surface area (Å²) in [7, 11) is 0. The van der Waals surface area contributed by atoms with E-state index >= 15 is 0 Å². The van der Waals surface area contributed by atoms with Gasteiger partial charge in [0.2, 0.25) is 0 Å². The average molecular weight is 496 g/mol. The summed E-state index contributed by atoms with van der Waals surface area (Å²) in [5.41, 5.74) is 1.62. The van der Waals surface area contributed by atoms with Gasteiger partial charge >= 0.3 is 5.97 Å². The number of aromatic nitrogens is 2. The molecule has 0 atom stereocenters. The van der Waals surface area contributed by atoms with Crippen molar-refractivity contribution in [3.63, 3.8) is 0 Å². The molecule has 1 amide bonds. The highest BCUT2D eigenvalue weighted by molar-refractivity contribution is 5.80. The first-order chi connectivity index (χ1) is 17.5. The van der Waals surface area contributed by atoms with E-state index < -0.39 is 18.5 Å². The molecule has 192 valence electrons. The molecule has 1 N–H and O–H groups in total. The number of hydrogen-bond donors (Lipinski definition) is 1. The summed E-state index contributed by atoms with van der Waals surface area (Å²) in [5.74, 6) is 0.434. The largest absolute Gasteiger partial charge is 0.494 e. The molecule has 9 nitrogen and oxygen atoms in total. The molecule has 1 aromatic heterocycles. The van der Waals surface area contributed by atoms with Gasteiger partial charge in [0.1, 0.15) is 23.8 Å². The normalized spacial score (nSPS) is 10.7. The standard InChI is InChI=1S/C27H33N3O6/c1-3-5-17-30-24-9-7-6-8-22(24)29-23(27(30)33)14-15-26(32)36-19-25(31)28-16-18-35-21-12-10-20(11-13-21)34-4-2/h6-13H,3-5,14-19H2,1-2H3,(H,28,31). The lowest BCUT2D eigenvalue weighted by molar-refractivity contribution is -0.148. The molecule has 0 fully saturated rings. The van der Waals surface area contributed by atoms with Crippen LogP contribution in [-0.2, 0) is 27.3 Å². The number of benzene rings is 2. The van der Waals surface area contributed by atoms with Gasteiger partial charge in [-0.2, -0.15) is 0 Å². The Hall–Kier alpha value is -3.88. The van der Waals surface area contributed by atoms with Crippen molar-refractivity contribution in [3.05, 3.63) is 64.6 Å². The maximum absolute atomic E-state index is 12.9. The first-order valence-electron chi connectivity index (χ1n) is 12.3. The van der Waals surface area contributed by atoms with Gasteiger partial charge in [-0.1, -0.05) is 25.5 Å². The number of unbranched alkanes of at least 4 members (excludes halogenated alkanes) is 1. The summed E-state index contributed by atoms with van der Waals surface area (Å²) in [6.45, 7) is 5.31. The van der Waals surface area contributed by atoms with Crippen molar-refractivity contribution in [3.8, 4) is 11.5 Å². The van der Waals surface area contributed by atoms with Crippen molar-refractivity contribution in [2.75, 3.05) is 26.4 Å². The maximum Gasteiger partial charge on any atom is 0.306 e. The number of nitrogens with one attached hydrogen (secondary N) is 1. The lowest BCUT2D eigenvalue weighted by atomic mass is 10.2. The van der Waals surface area contributed by atoms with Gasteiger partial charge in [-0.3, -0.25) is 14.4 Å². The van der Waals surface area contributed by atoms with Gasteiger partial charge < -0.3 is 24.1 Å². The van der Waals surface area contributed by atoms with Crippen molar-refractivity contribution in [2.45, 2.75) is 46.1 Å². The fraction of sp³-hybridized carbons (Fsp3) is 0.407. The zero-order valence-electron chi connectivity index (χ0n) is 20.8. The summed E-state index contributed by atoms with van der Waals surface area (Å²) in [6.07, 6.45) is 1.94. The number of para-hydroxylation sites is 2. The van der Waals surface area contributed by atoms with Crippen LogP contribution in [0.2, 0.25) is 0 Å². The van der Waals surface area contributed by atoms with E-state index in [1.165, 1.54) is 0 Å². The smallest absolute Gasteiger partial charge is 0.306 e. The molecule has 1 heterocycles. The van der Waals surface area contributed by atoms with E-state index in [4.69, 9.17) is 14.2 Å². The van der Waals surface area contributed by atoms with E-state index in [0.717, 1.165) is 24.1 Å². The number of amides is 1. The number of aryl methyl sites for hydroxylation is 2. The van der Waals surface area contributed by atoms with Crippen LogP contribution in [0.1, 0.15) is 38.8 Å². The highest BCUT2D eigenvalue weighted by Gasteiger charge is 2.14. The average Bonchev–Trinajstić information content (AvgIpc) is 2.89. The minimum atomic E-state index is -0.565. The monoisotopic (exact) mass is 495 g/mol. The van der Waals surface area contributed by atoms with E-state index in [1.54, 1.807) is 16.7 Å². The number of rotatable bonds is 14. The van der Waals surface area contributed by atoms with E-state index in [0.29, 0.717) is 30.1 Å². The number of nitrogens with zero attached hydrogens (tertiary/aromatic N) is 2. The Morgan fingerprint density at radius 3 is 2.44 bits per heavy atom. The number of ether oxygens (including phenoxy) is 3. The highest BCUT2D eigenvalue weighted by Crippen LogP contribution is 2.17. The number of esters is 1. The Labute approximate surface area is 210 Å². The zero-order chi connectivity index (χ0) is 25.8. The van der Waals surface area contributed by atoms with Crippen molar-refractivity contribution >= 4 is 22.9 Å². The molecule has 0 aliphatic rings. The molecule has 0 radical (unpaired) electrons. The van der Waals surface area contributed by atoms with Crippen LogP contribution in [-0.4, -0.2) is 47.8 Å². The predicted octanol–water partition coefficient (Wildman–Crippen LogP) is 3.27. The molecular formula is C27H33N3O6. The molecule has 0 saturated heterocycles. The van der Waals surface area contributed by atoms with Gasteiger partial charge in [0, 0.05) is 13.0 Å². The number of carbonyl (C=O) groups excluding carboxylic acids is 2. The lowest BCUT2D eigenvalue weighted by Crippen LogP contribution is -2.32. The van der Waals surface area contributed by atoms with Crippen LogP contribution in [0.3, 0.4) is 0 Å². The third-order valence-electron chi connectivity index (χ3n) is 5.41. The topological polar surface area (TPSA) is 109 Å². The van der Waals surface area contributed by atoms with Gasteiger partial charge in [0.15, 0.2) is 6.61 Å². The van der Waals surface area contributed by atoms with E-state index in [2.05, 4.69) is 17.2 Å². The molecule has 0 unspecified atom stereocenters. The first-order valence-corrected chi connectivity index (χ1v) is 12.3. The van der Waals surface area contributed by atoms with Gasteiger partial charge in [0.25, 0.3) is 11.5 Å². The van der Waals surface area contributed by atoms with Crippen LogP contribution in [0.15, 0.2) is 53.3 Å². The van der Waals surface area contributed by atoms with Crippen LogP contribution < -0.4 is 20.3 Å². The molecule has 36 heavy (non-hydrogen) atoms. The molecular weight excluding hydrogens is 462 g/mol. The zero-order valence-corrected chi connectivity index (χ0v) is 20.8. The van der Waals surface area contributed by atoms with Crippen molar-refractivity contribution in [1.82, 2.24) is 14.9 Å². The van der Waals surface area contributed by atoms with Gasteiger partial charge in [0.05, 0.1) is 30.6 Å². The molecule has 0 spiro atoms. The van der Waals surface area contributed by atoms with Gasteiger partial charge in [-0.15, -0.1) is 0 Å². The summed E-state index contributed by atoms with van der Waals surface area (Å²) in [4.78, 5) is 41.5. The van der Waals surface area contributed by atoms with E-state index in [9.17, 15) is 14.4 Å². The summed E-state index contributed by atoms with van der Waals surface area (Å²) >= 11 is 0. The Morgan fingerprint density at radius 1 is 1.00 bits per heavy atom. The minimum Gasteiger partial charge on any atom is -0.494 e. The summed E-state index contributed by atoms with van der Waals surface area (Å²) in [6, 6.07) is 14.7. The third kappa shape index (κ3) is 7.83. The highest BCUT2D eigenvalue weighted by atomic mass is 16.5. The quantitative estimate of drug-likeness (QED) is 0.270. The van der Waals surface area contributed by atoms with Crippen molar-refractivity contribution in [2.24, 2.45) is 0 Å². The third-order valence-corrected chi connectivity index (χ3v) is 5.41. The molecule has 9 heteroatoms. The number of hydrogen-bond acceptors (Lipinski definition) is 7. The number of fused-ring (bicyclic) bond motifs is 1.